The topological polar surface area (TPSA) is 67.8 Å². The second kappa shape index (κ2) is 7.63. The molecule has 2 aromatic heterocycles. The Kier molecular flexibility index (Phi) is 5.09. The van der Waals surface area contributed by atoms with E-state index in [9.17, 15) is 4.79 Å². The van der Waals surface area contributed by atoms with Crippen molar-refractivity contribution in [3.8, 4) is 11.3 Å². The zero-order valence-electron chi connectivity index (χ0n) is 13.0. The summed E-state index contributed by atoms with van der Waals surface area (Å²) in [6.45, 7) is 0.680. The van der Waals surface area contributed by atoms with Gasteiger partial charge in [-0.15, -0.1) is 0 Å². The summed E-state index contributed by atoms with van der Waals surface area (Å²) in [7, 11) is 0. The second-order valence-corrected chi connectivity index (χ2v) is 5.67. The number of carbonyl (C=O) groups is 1. The van der Waals surface area contributed by atoms with Crippen LogP contribution < -0.4 is 5.32 Å². The van der Waals surface area contributed by atoms with Gasteiger partial charge in [-0.05, 0) is 44.2 Å². The molecule has 2 aromatic rings. The molecule has 5 heteroatoms. The van der Waals surface area contributed by atoms with E-state index in [0.29, 0.717) is 12.1 Å². The summed E-state index contributed by atoms with van der Waals surface area (Å²) in [5, 5.41) is 2.96. The van der Waals surface area contributed by atoms with Crippen molar-refractivity contribution in [3.05, 3.63) is 54.3 Å². The number of nitrogens with one attached hydrogen (secondary N) is 1. The molecule has 0 aliphatic heterocycles. The highest BCUT2D eigenvalue weighted by molar-refractivity contribution is 5.94. The number of hydrogen-bond acceptors (Lipinski definition) is 4. The number of nitrogens with zero attached hydrogens (tertiary/aromatic N) is 3. The SMILES string of the molecule is O=C(NCCC1=CCCCC1)c1ccc(-c2cncnc2)nc1. The number of allylic oxidation sites excluding steroid dienone is 1. The smallest absolute Gasteiger partial charge is 0.252 e. The van der Waals surface area contributed by atoms with E-state index >= 15 is 0 Å². The Morgan fingerprint density at radius 1 is 1.13 bits per heavy atom. The normalized spacial score (nSPS) is 14.2. The molecule has 0 fully saturated rings. The van der Waals surface area contributed by atoms with Crippen LogP contribution in [0.25, 0.3) is 11.3 Å². The van der Waals surface area contributed by atoms with Crippen LogP contribution >= 0.6 is 0 Å². The monoisotopic (exact) mass is 308 g/mol. The minimum Gasteiger partial charge on any atom is -0.352 e. The minimum atomic E-state index is -0.0789. The van der Waals surface area contributed by atoms with Crippen molar-refractivity contribution in [1.82, 2.24) is 20.3 Å². The van der Waals surface area contributed by atoms with Crippen molar-refractivity contribution in [1.29, 1.82) is 0 Å². The van der Waals surface area contributed by atoms with E-state index in [1.807, 2.05) is 6.07 Å². The highest BCUT2D eigenvalue weighted by atomic mass is 16.1. The maximum absolute atomic E-state index is 12.1. The molecule has 3 rings (SSSR count). The molecule has 1 amide bonds. The fourth-order valence-electron chi connectivity index (χ4n) is 2.70. The zero-order valence-corrected chi connectivity index (χ0v) is 13.0. The summed E-state index contributed by atoms with van der Waals surface area (Å²) in [5.74, 6) is -0.0789. The summed E-state index contributed by atoms with van der Waals surface area (Å²) in [6.07, 6.45) is 14.6. The van der Waals surface area contributed by atoms with Crippen LogP contribution in [0.4, 0.5) is 0 Å². The first-order chi connectivity index (χ1) is 11.3. The third-order valence-electron chi connectivity index (χ3n) is 4.00. The molecule has 0 saturated carbocycles. The fourth-order valence-corrected chi connectivity index (χ4v) is 2.70. The second-order valence-electron chi connectivity index (χ2n) is 5.67. The summed E-state index contributed by atoms with van der Waals surface area (Å²) in [6, 6.07) is 3.60. The number of pyridine rings is 1. The Hall–Kier alpha value is -2.56. The van der Waals surface area contributed by atoms with Gasteiger partial charge in [0.25, 0.3) is 5.91 Å². The van der Waals surface area contributed by atoms with Crippen LogP contribution in [0.2, 0.25) is 0 Å². The molecule has 23 heavy (non-hydrogen) atoms. The van der Waals surface area contributed by atoms with Crippen LogP contribution in [0.5, 0.6) is 0 Å². The summed E-state index contributed by atoms with van der Waals surface area (Å²) >= 11 is 0. The van der Waals surface area contributed by atoms with Crippen LogP contribution in [0, 0.1) is 0 Å². The van der Waals surface area contributed by atoms with E-state index in [4.69, 9.17) is 0 Å². The van der Waals surface area contributed by atoms with Gasteiger partial charge >= 0.3 is 0 Å². The Balaban J connectivity index is 1.54. The minimum absolute atomic E-state index is 0.0789. The van der Waals surface area contributed by atoms with Crippen molar-refractivity contribution >= 4 is 5.91 Å². The molecule has 1 aliphatic carbocycles. The van der Waals surface area contributed by atoms with Crippen molar-refractivity contribution in [2.45, 2.75) is 32.1 Å². The largest absolute Gasteiger partial charge is 0.352 e. The molecule has 1 N–H and O–H groups in total. The van der Waals surface area contributed by atoms with E-state index in [0.717, 1.165) is 17.7 Å². The maximum Gasteiger partial charge on any atom is 0.252 e. The molecule has 1 aliphatic rings. The van der Waals surface area contributed by atoms with Gasteiger partial charge in [0.1, 0.15) is 6.33 Å². The lowest BCUT2D eigenvalue weighted by Gasteiger charge is -2.13. The number of carbonyl (C=O) groups excluding carboxylic acids is 1. The van der Waals surface area contributed by atoms with E-state index < -0.39 is 0 Å². The van der Waals surface area contributed by atoms with Crippen LogP contribution in [0.15, 0.2) is 48.7 Å². The molecule has 0 atom stereocenters. The molecular formula is C18H20N4O. The average molecular weight is 308 g/mol. The van der Waals surface area contributed by atoms with Gasteiger partial charge < -0.3 is 5.32 Å². The van der Waals surface area contributed by atoms with E-state index in [1.165, 1.54) is 37.6 Å². The Labute approximate surface area is 135 Å². The predicted octanol–water partition coefficient (Wildman–Crippen LogP) is 3.16. The summed E-state index contributed by atoms with van der Waals surface area (Å²) in [5.41, 5.74) is 3.63. The van der Waals surface area contributed by atoms with E-state index in [1.54, 1.807) is 24.7 Å². The predicted molar refractivity (Wildman–Crippen MR) is 88.8 cm³/mol. The van der Waals surface area contributed by atoms with Gasteiger partial charge in [-0.3, -0.25) is 9.78 Å². The molecule has 0 bridgehead atoms. The fraction of sp³-hybridized carbons (Fsp3) is 0.333. The van der Waals surface area contributed by atoms with Crippen LogP contribution in [0.1, 0.15) is 42.5 Å². The van der Waals surface area contributed by atoms with Gasteiger partial charge in [0.2, 0.25) is 0 Å². The Bertz CT molecular complexity index is 680. The molecule has 0 spiro atoms. The number of rotatable bonds is 5. The van der Waals surface area contributed by atoms with Gasteiger partial charge in [0.15, 0.2) is 0 Å². The molecule has 118 valence electrons. The van der Waals surface area contributed by atoms with Crippen LogP contribution in [0.3, 0.4) is 0 Å². The van der Waals surface area contributed by atoms with Gasteiger partial charge in [-0.2, -0.15) is 0 Å². The molecule has 0 aromatic carbocycles. The van der Waals surface area contributed by atoms with Crippen LogP contribution in [-0.2, 0) is 0 Å². The van der Waals surface area contributed by atoms with Gasteiger partial charge in [0.05, 0.1) is 11.3 Å². The molecule has 0 unspecified atom stereocenters. The first-order valence-corrected chi connectivity index (χ1v) is 8.00. The lowest BCUT2D eigenvalue weighted by Crippen LogP contribution is -2.25. The van der Waals surface area contributed by atoms with E-state index in [-0.39, 0.29) is 5.91 Å². The van der Waals surface area contributed by atoms with Crippen molar-refractivity contribution in [2.75, 3.05) is 6.54 Å². The Morgan fingerprint density at radius 2 is 2.00 bits per heavy atom. The van der Waals surface area contributed by atoms with Crippen molar-refractivity contribution < 1.29 is 4.79 Å². The number of aromatic nitrogens is 3. The number of amides is 1. The Morgan fingerprint density at radius 3 is 2.70 bits per heavy atom. The maximum atomic E-state index is 12.1. The van der Waals surface area contributed by atoms with Crippen LogP contribution in [-0.4, -0.2) is 27.4 Å². The van der Waals surface area contributed by atoms with Gasteiger partial charge in [-0.1, -0.05) is 11.6 Å². The third kappa shape index (κ3) is 4.22. The molecule has 0 saturated heterocycles. The van der Waals surface area contributed by atoms with E-state index in [2.05, 4.69) is 26.3 Å². The zero-order chi connectivity index (χ0) is 15.9. The van der Waals surface area contributed by atoms with Gasteiger partial charge in [-0.25, -0.2) is 9.97 Å². The molecule has 2 heterocycles. The van der Waals surface area contributed by atoms with Crippen molar-refractivity contribution in [3.63, 3.8) is 0 Å². The van der Waals surface area contributed by atoms with Crippen molar-refractivity contribution in [2.24, 2.45) is 0 Å². The van der Waals surface area contributed by atoms with Gasteiger partial charge in [0, 0.05) is 30.7 Å². The molecule has 5 nitrogen and oxygen atoms in total. The standard InChI is InChI=1S/C18H20N4O/c23-18(21-9-8-14-4-2-1-3-5-14)15-6-7-17(22-12-15)16-10-19-13-20-11-16/h4,6-7,10-13H,1-3,5,8-9H2,(H,21,23). The first-order valence-electron chi connectivity index (χ1n) is 8.00. The first kappa shape index (κ1) is 15.3. The third-order valence-corrected chi connectivity index (χ3v) is 4.00. The highest BCUT2D eigenvalue weighted by Crippen LogP contribution is 2.19. The summed E-state index contributed by atoms with van der Waals surface area (Å²) < 4.78 is 0. The average Bonchev–Trinajstić information content (AvgIpc) is 2.63. The lowest BCUT2D eigenvalue weighted by molar-refractivity contribution is 0.0953. The number of hydrogen-bond donors (Lipinski definition) is 1. The summed E-state index contributed by atoms with van der Waals surface area (Å²) in [4.78, 5) is 24.4. The molecular weight excluding hydrogens is 288 g/mol. The quantitative estimate of drug-likeness (QED) is 0.862. The molecule has 0 radical (unpaired) electrons. The highest BCUT2D eigenvalue weighted by Gasteiger charge is 2.08. The lowest BCUT2D eigenvalue weighted by atomic mass is 9.97.